The van der Waals surface area contributed by atoms with Crippen molar-refractivity contribution in [1.82, 2.24) is 15.2 Å². The predicted molar refractivity (Wildman–Crippen MR) is 108 cm³/mol. The predicted octanol–water partition coefficient (Wildman–Crippen LogP) is 3.34. The third-order valence-corrected chi connectivity index (χ3v) is 5.21. The van der Waals surface area contributed by atoms with Crippen molar-refractivity contribution in [2.75, 3.05) is 0 Å². The van der Waals surface area contributed by atoms with E-state index in [-0.39, 0.29) is 15.9 Å². The normalized spacial score (nSPS) is 11.4. The minimum atomic E-state index is -4.38. The second-order valence-corrected chi connectivity index (χ2v) is 9.13. The zero-order valence-electron chi connectivity index (χ0n) is 16.8. The molecule has 0 fully saturated rings. The molecule has 0 unspecified atom stereocenters. The van der Waals surface area contributed by atoms with E-state index in [4.69, 9.17) is 4.74 Å². The van der Waals surface area contributed by atoms with Crippen molar-refractivity contribution in [3.63, 3.8) is 0 Å². The maximum Gasteiger partial charge on any atom is 0.444 e. The molecule has 0 spiro atoms. The first-order valence-electron chi connectivity index (χ1n) is 8.92. The highest BCUT2D eigenvalue weighted by molar-refractivity contribution is 7.89. The van der Waals surface area contributed by atoms with E-state index in [1.54, 1.807) is 52.0 Å². The van der Waals surface area contributed by atoms with Crippen LogP contribution in [0.15, 0.2) is 59.5 Å². The van der Waals surface area contributed by atoms with Gasteiger partial charge in [0.2, 0.25) is 0 Å². The highest BCUT2D eigenvalue weighted by Gasteiger charge is 2.35. The van der Waals surface area contributed by atoms with Gasteiger partial charge in [0.15, 0.2) is 0 Å². The number of hydrogen-bond donors (Lipinski definition) is 2. The summed E-state index contributed by atoms with van der Waals surface area (Å²) in [4.78, 5) is 24.7. The molecule has 0 aliphatic heterocycles. The molecule has 156 valence electrons. The summed E-state index contributed by atoms with van der Waals surface area (Å²) in [5, 5.41) is 2.52. The van der Waals surface area contributed by atoms with Crippen LogP contribution in [0.4, 0.5) is 9.59 Å². The van der Waals surface area contributed by atoms with Gasteiger partial charge in [0.25, 0.3) is 10.0 Å². The maximum atomic E-state index is 13.0. The van der Waals surface area contributed by atoms with Crippen LogP contribution in [0.5, 0.6) is 0 Å². The number of hydrogen-bond acceptors (Lipinski definition) is 5. The Labute approximate surface area is 170 Å². The van der Waals surface area contributed by atoms with Gasteiger partial charge in [-0.2, -0.15) is 8.42 Å². The van der Waals surface area contributed by atoms with E-state index in [1.165, 1.54) is 12.1 Å². The van der Waals surface area contributed by atoms with Gasteiger partial charge in [-0.3, -0.25) is 0 Å². The van der Waals surface area contributed by atoms with Crippen LogP contribution in [0.3, 0.4) is 0 Å². The zero-order chi connectivity index (χ0) is 21.7. The third-order valence-electron chi connectivity index (χ3n) is 3.62. The number of carbonyl (C=O) groups is 2. The number of ether oxygens (including phenoxy) is 1. The van der Waals surface area contributed by atoms with Crippen LogP contribution < -0.4 is 10.7 Å². The number of carbonyl (C=O) groups excluding carboxylic acids is 2. The number of rotatable bonds is 4. The number of nitrogens with one attached hydrogen (secondary N) is 2. The van der Waals surface area contributed by atoms with Gasteiger partial charge in [0.05, 0.1) is 4.90 Å². The van der Waals surface area contributed by atoms with Gasteiger partial charge in [-0.1, -0.05) is 48.0 Å². The zero-order valence-corrected chi connectivity index (χ0v) is 17.6. The Morgan fingerprint density at radius 1 is 1.00 bits per heavy atom. The van der Waals surface area contributed by atoms with E-state index in [9.17, 15) is 18.0 Å². The highest BCUT2D eigenvalue weighted by atomic mass is 32.2. The Balaban J connectivity index is 2.23. The molecule has 0 aliphatic carbocycles. The maximum absolute atomic E-state index is 13.0. The molecule has 0 saturated carbocycles. The largest absolute Gasteiger partial charge is 0.444 e. The average molecular weight is 420 g/mol. The lowest BCUT2D eigenvalue weighted by Gasteiger charge is -2.27. The molecule has 0 aliphatic rings. The van der Waals surface area contributed by atoms with E-state index < -0.39 is 27.7 Å². The quantitative estimate of drug-likeness (QED) is 0.740. The van der Waals surface area contributed by atoms with Gasteiger partial charge >= 0.3 is 12.1 Å². The molecule has 3 amide bonds. The highest BCUT2D eigenvalue weighted by Crippen LogP contribution is 2.18. The van der Waals surface area contributed by atoms with Gasteiger partial charge in [0, 0.05) is 6.54 Å². The SMILES string of the molecule is Cc1ccc(S(=O)(=O)N(NC(=O)NCc2ccccc2)C(=O)OC(C)(C)C)cc1. The minimum absolute atomic E-state index is 0.152. The van der Waals surface area contributed by atoms with Gasteiger partial charge in [0.1, 0.15) is 5.60 Å². The Morgan fingerprint density at radius 3 is 2.14 bits per heavy atom. The number of sulfonamides is 1. The molecule has 2 aromatic rings. The van der Waals surface area contributed by atoms with Crippen molar-refractivity contribution < 1.29 is 22.7 Å². The van der Waals surface area contributed by atoms with Crippen molar-refractivity contribution in [2.45, 2.75) is 44.7 Å². The fourth-order valence-electron chi connectivity index (χ4n) is 2.23. The van der Waals surface area contributed by atoms with Crippen molar-refractivity contribution in [3.05, 3.63) is 65.7 Å². The fourth-order valence-corrected chi connectivity index (χ4v) is 3.36. The molecule has 0 heterocycles. The molecule has 8 nitrogen and oxygen atoms in total. The lowest BCUT2D eigenvalue weighted by molar-refractivity contribution is 0.0341. The second-order valence-electron chi connectivity index (χ2n) is 7.34. The second kappa shape index (κ2) is 8.95. The molecule has 0 aromatic heterocycles. The van der Waals surface area contributed by atoms with Crippen LogP contribution in [-0.2, 0) is 21.3 Å². The molecule has 9 heteroatoms. The number of benzene rings is 2. The molecule has 0 bridgehead atoms. The average Bonchev–Trinajstić information content (AvgIpc) is 2.64. The van der Waals surface area contributed by atoms with Crippen LogP contribution in [-0.4, -0.2) is 30.6 Å². The van der Waals surface area contributed by atoms with Gasteiger partial charge in [-0.05, 0) is 45.4 Å². The van der Waals surface area contributed by atoms with E-state index in [2.05, 4.69) is 10.7 Å². The smallest absolute Gasteiger partial charge is 0.442 e. The Hall–Kier alpha value is -3.07. The van der Waals surface area contributed by atoms with Gasteiger partial charge in [-0.15, -0.1) is 4.41 Å². The van der Waals surface area contributed by atoms with E-state index in [0.717, 1.165) is 11.1 Å². The summed E-state index contributed by atoms with van der Waals surface area (Å²) in [6.07, 6.45) is -1.21. The summed E-state index contributed by atoms with van der Waals surface area (Å²) in [7, 11) is -4.38. The molecule has 2 rings (SSSR count). The molecule has 0 radical (unpaired) electrons. The van der Waals surface area contributed by atoms with Crippen LogP contribution in [0.1, 0.15) is 31.9 Å². The lowest BCUT2D eigenvalue weighted by atomic mass is 10.2. The summed E-state index contributed by atoms with van der Waals surface area (Å²) < 4.78 is 31.3. The number of amides is 3. The number of aryl methyl sites for hydroxylation is 1. The molecular formula is C20H25N3O5S. The summed E-state index contributed by atoms with van der Waals surface area (Å²) in [6.45, 7) is 6.74. The van der Waals surface area contributed by atoms with Crippen LogP contribution in [0, 0.1) is 6.92 Å². The summed E-state index contributed by atoms with van der Waals surface area (Å²) in [6, 6.07) is 14.1. The first-order chi connectivity index (χ1) is 13.5. The molecule has 2 N–H and O–H groups in total. The van der Waals surface area contributed by atoms with Crippen molar-refractivity contribution >= 4 is 22.1 Å². The molecule has 29 heavy (non-hydrogen) atoms. The number of urea groups is 1. The first kappa shape index (κ1) is 22.2. The van der Waals surface area contributed by atoms with Crippen LogP contribution >= 0.6 is 0 Å². The van der Waals surface area contributed by atoms with E-state index >= 15 is 0 Å². The minimum Gasteiger partial charge on any atom is -0.442 e. The molecule has 0 saturated heterocycles. The Morgan fingerprint density at radius 2 is 1.59 bits per heavy atom. The Kier molecular flexibility index (Phi) is 6.86. The lowest BCUT2D eigenvalue weighted by Crippen LogP contribution is -2.53. The fraction of sp³-hybridized carbons (Fsp3) is 0.300. The van der Waals surface area contributed by atoms with Gasteiger partial charge < -0.3 is 10.1 Å². The summed E-state index contributed by atoms with van der Waals surface area (Å²) >= 11 is 0. The first-order valence-corrected chi connectivity index (χ1v) is 10.4. The summed E-state index contributed by atoms with van der Waals surface area (Å²) in [5.41, 5.74) is 2.79. The van der Waals surface area contributed by atoms with Crippen molar-refractivity contribution in [2.24, 2.45) is 0 Å². The molecular weight excluding hydrogens is 394 g/mol. The third kappa shape index (κ3) is 6.49. The van der Waals surface area contributed by atoms with Crippen LogP contribution in [0.25, 0.3) is 0 Å². The molecule has 0 atom stereocenters. The topological polar surface area (TPSA) is 105 Å². The van der Waals surface area contributed by atoms with Crippen molar-refractivity contribution in [1.29, 1.82) is 0 Å². The van der Waals surface area contributed by atoms with E-state index in [1.807, 2.05) is 18.2 Å². The van der Waals surface area contributed by atoms with Crippen LogP contribution in [0.2, 0.25) is 0 Å². The number of hydrazine groups is 1. The van der Waals surface area contributed by atoms with Gasteiger partial charge in [-0.25, -0.2) is 15.0 Å². The van der Waals surface area contributed by atoms with E-state index in [0.29, 0.717) is 0 Å². The monoisotopic (exact) mass is 419 g/mol. The molecule has 2 aromatic carbocycles. The standard InChI is InChI=1S/C20H25N3O5S/c1-15-10-12-17(13-11-15)29(26,27)23(19(25)28-20(2,3)4)22-18(24)21-14-16-8-6-5-7-9-16/h5-13H,14H2,1-4H3,(H2,21,22,24). The summed E-state index contributed by atoms with van der Waals surface area (Å²) in [5.74, 6) is 0. The number of nitrogens with zero attached hydrogens (tertiary/aromatic N) is 1. The van der Waals surface area contributed by atoms with Crippen molar-refractivity contribution in [3.8, 4) is 0 Å². The Bertz CT molecular complexity index is 952.